The summed E-state index contributed by atoms with van der Waals surface area (Å²) in [6.07, 6.45) is 3.46. The highest BCUT2D eigenvalue weighted by molar-refractivity contribution is 5.88. The number of hydrogen-bond donors (Lipinski definition) is 1. The molecule has 0 saturated heterocycles. The van der Waals surface area contributed by atoms with Crippen LogP contribution in [0.15, 0.2) is 54.9 Å². The minimum Gasteiger partial charge on any atom is -0.349 e. The lowest BCUT2D eigenvalue weighted by molar-refractivity contribution is -0.135. The molecule has 2 unspecified atom stereocenters. The number of aromatic nitrogens is 1. The normalized spacial score (nSPS) is 12.2. The number of carbonyl (C=O) groups excluding carboxylic acids is 3. The Hall–Kier alpha value is -3.02. The topological polar surface area (TPSA) is 79.4 Å². The lowest BCUT2D eigenvalue weighted by Gasteiger charge is -2.34. The fourth-order valence-corrected chi connectivity index (χ4v) is 3.68. The largest absolute Gasteiger partial charge is 0.349 e. The van der Waals surface area contributed by atoms with E-state index in [-0.39, 0.29) is 42.5 Å². The molecule has 2 aromatic rings. The van der Waals surface area contributed by atoms with E-state index in [4.69, 9.17) is 0 Å². The van der Waals surface area contributed by atoms with Crippen LogP contribution in [-0.2, 0) is 14.4 Å². The molecule has 0 aliphatic carbocycles. The first-order valence-corrected chi connectivity index (χ1v) is 11.4. The number of benzene rings is 1. The predicted octanol–water partition coefficient (Wildman–Crippen LogP) is 4.33. The Labute approximate surface area is 192 Å². The zero-order valence-electron chi connectivity index (χ0n) is 20.2. The van der Waals surface area contributed by atoms with E-state index in [1.165, 1.54) is 6.92 Å². The van der Waals surface area contributed by atoms with Gasteiger partial charge in [0.2, 0.25) is 11.8 Å². The fraction of sp³-hybridized carbons (Fsp3) is 0.462. The zero-order chi connectivity index (χ0) is 24.1. The number of Topliss-reactive ketones (excluding diaryl/α,β-unsaturated/α-hetero) is 1. The minimum absolute atomic E-state index is 0.0150. The summed E-state index contributed by atoms with van der Waals surface area (Å²) in [5, 5.41) is 2.66. The summed E-state index contributed by atoms with van der Waals surface area (Å²) >= 11 is 0. The molecule has 0 aliphatic heterocycles. The standard InChI is InChI=1S/C24H31N3O3.C2H6/c1-5-27(17(2)3)24(30)23(20-12-9-13-25-16-20)21(19-10-7-6-8-11-19)14-22(29)26-15-18(4)28;1-2/h6-13,16-17,21,23H,5,14-15H2,1-4H3,(H,26,29);1-2H3. The highest BCUT2D eigenvalue weighted by atomic mass is 16.2. The van der Waals surface area contributed by atoms with Gasteiger partial charge in [-0.05, 0) is 44.9 Å². The van der Waals surface area contributed by atoms with Crippen molar-refractivity contribution in [3.05, 3.63) is 66.0 Å². The van der Waals surface area contributed by atoms with Crippen molar-refractivity contribution in [1.82, 2.24) is 15.2 Å². The maximum atomic E-state index is 13.7. The van der Waals surface area contributed by atoms with Crippen LogP contribution in [0, 0.1) is 0 Å². The second-order valence-corrected chi connectivity index (χ2v) is 7.68. The van der Waals surface area contributed by atoms with E-state index in [1.54, 1.807) is 18.5 Å². The average Bonchev–Trinajstić information content (AvgIpc) is 2.80. The van der Waals surface area contributed by atoms with Gasteiger partial charge in [0, 0.05) is 37.3 Å². The molecule has 2 rings (SSSR count). The summed E-state index contributed by atoms with van der Waals surface area (Å²) in [5.41, 5.74) is 1.67. The summed E-state index contributed by atoms with van der Waals surface area (Å²) in [6, 6.07) is 13.3. The molecule has 1 aromatic heterocycles. The average molecular weight is 440 g/mol. The van der Waals surface area contributed by atoms with Crippen LogP contribution in [-0.4, -0.2) is 46.6 Å². The quantitative estimate of drug-likeness (QED) is 0.598. The van der Waals surface area contributed by atoms with Gasteiger partial charge >= 0.3 is 0 Å². The van der Waals surface area contributed by atoms with Gasteiger partial charge in [-0.2, -0.15) is 0 Å². The molecule has 0 fully saturated rings. The number of pyridine rings is 1. The van der Waals surface area contributed by atoms with E-state index in [1.807, 2.05) is 75.9 Å². The first-order valence-electron chi connectivity index (χ1n) is 11.4. The summed E-state index contributed by atoms with van der Waals surface area (Å²) in [7, 11) is 0. The smallest absolute Gasteiger partial charge is 0.231 e. The van der Waals surface area contributed by atoms with E-state index in [0.29, 0.717) is 6.54 Å². The Bertz CT molecular complexity index is 838. The van der Waals surface area contributed by atoms with Crippen molar-refractivity contribution in [2.75, 3.05) is 13.1 Å². The Balaban J connectivity index is 0.00000249. The van der Waals surface area contributed by atoms with Gasteiger partial charge < -0.3 is 10.2 Å². The molecule has 0 spiro atoms. The van der Waals surface area contributed by atoms with Crippen LogP contribution in [0.3, 0.4) is 0 Å². The van der Waals surface area contributed by atoms with Crippen molar-refractivity contribution >= 4 is 17.6 Å². The Morgan fingerprint density at radius 1 is 1.00 bits per heavy atom. The second-order valence-electron chi connectivity index (χ2n) is 7.68. The molecular weight excluding hydrogens is 402 g/mol. The Morgan fingerprint density at radius 2 is 1.62 bits per heavy atom. The number of likely N-dealkylation sites (N-methyl/N-ethyl adjacent to an activating group) is 1. The van der Waals surface area contributed by atoms with Crippen LogP contribution in [0.25, 0.3) is 0 Å². The number of ketones is 1. The molecule has 0 radical (unpaired) electrons. The van der Waals surface area contributed by atoms with E-state index in [0.717, 1.165) is 11.1 Å². The Morgan fingerprint density at radius 3 is 2.12 bits per heavy atom. The van der Waals surface area contributed by atoms with E-state index in [9.17, 15) is 14.4 Å². The Kier molecular flexibility index (Phi) is 11.9. The fourth-order valence-electron chi connectivity index (χ4n) is 3.68. The van der Waals surface area contributed by atoms with Gasteiger partial charge in [-0.3, -0.25) is 19.4 Å². The van der Waals surface area contributed by atoms with Gasteiger partial charge in [0.25, 0.3) is 0 Å². The summed E-state index contributed by atoms with van der Waals surface area (Å²) in [6.45, 7) is 11.9. The molecule has 2 amide bonds. The molecule has 0 saturated carbocycles. The number of nitrogens with zero attached hydrogens (tertiary/aromatic N) is 2. The molecule has 6 heteroatoms. The van der Waals surface area contributed by atoms with Crippen molar-refractivity contribution in [2.24, 2.45) is 0 Å². The SMILES string of the molecule is CC.CCN(C(=O)C(c1cccnc1)C(CC(=O)NCC(C)=O)c1ccccc1)C(C)C. The summed E-state index contributed by atoms with van der Waals surface area (Å²) in [5.74, 6) is -1.35. The van der Waals surface area contributed by atoms with Crippen molar-refractivity contribution in [3.63, 3.8) is 0 Å². The zero-order valence-corrected chi connectivity index (χ0v) is 20.2. The van der Waals surface area contributed by atoms with Crippen molar-refractivity contribution in [3.8, 4) is 0 Å². The molecule has 2 atom stereocenters. The van der Waals surface area contributed by atoms with E-state index in [2.05, 4.69) is 10.3 Å². The molecule has 6 nitrogen and oxygen atoms in total. The molecular formula is C26H37N3O3. The maximum absolute atomic E-state index is 13.7. The van der Waals surface area contributed by atoms with E-state index >= 15 is 0 Å². The minimum atomic E-state index is -0.563. The third-order valence-corrected chi connectivity index (χ3v) is 5.13. The highest BCUT2D eigenvalue weighted by Gasteiger charge is 2.36. The first kappa shape index (κ1) is 27.0. The predicted molar refractivity (Wildman–Crippen MR) is 128 cm³/mol. The van der Waals surface area contributed by atoms with Crippen LogP contribution in [0.1, 0.15) is 70.9 Å². The van der Waals surface area contributed by atoms with Crippen molar-refractivity contribution in [1.29, 1.82) is 0 Å². The third kappa shape index (κ3) is 7.91. The molecule has 0 bridgehead atoms. The number of amides is 2. The number of rotatable bonds is 10. The summed E-state index contributed by atoms with van der Waals surface area (Å²) in [4.78, 5) is 43.7. The molecule has 1 aromatic carbocycles. The second kappa shape index (κ2) is 14.1. The van der Waals surface area contributed by atoms with Crippen molar-refractivity contribution in [2.45, 2.75) is 65.8 Å². The van der Waals surface area contributed by atoms with Gasteiger partial charge in [-0.1, -0.05) is 50.2 Å². The van der Waals surface area contributed by atoms with Crippen LogP contribution < -0.4 is 5.32 Å². The van der Waals surface area contributed by atoms with E-state index < -0.39 is 5.92 Å². The van der Waals surface area contributed by atoms with Gasteiger partial charge in [0.1, 0.15) is 5.78 Å². The van der Waals surface area contributed by atoms with Crippen LogP contribution in [0.5, 0.6) is 0 Å². The van der Waals surface area contributed by atoms with Crippen molar-refractivity contribution < 1.29 is 14.4 Å². The van der Waals surface area contributed by atoms with Gasteiger partial charge in [-0.15, -0.1) is 0 Å². The molecule has 1 N–H and O–H groups in total. The summed E-state index contributed by atoms with van der Waals surface area (Å²) < 4.78 is 0. The molecule has 0 aliphatic rings. The number of carbonyl (C=O) groups is 3. The van der Waals surface area contributed by atoms with Crippen LogP contribution in [0.4, 0.5) is 0 Å². The van der Waals surface area contributed by atoms with Gasteiger partial charge in [-0.25, -0.2) is 0 Å². The number of nitrogens with one attached hydrogen (secondary N) is 1. The monoisotopic (exact) mass is 439 g/mol. The van der Waals surface area contributed by atoms with Gasteiger partial charge in [0.05, 0.1) is 12.5 Å². The first-order chi connectivity index (χ1) is 15.3. The molecule has 32 heavy (non-hydrogen) atoms. The maximum Gasteiger partial charge on any atom is 0.231 e. The van der Waals surface area contributed by atoms with Gasteiger partial charge in [0.15, 0.2) is 0 Å². The lowest BCUT2D eigenvalue weighted by Crippen LogP contribution is -2.42. The molecule has 174 valence electrons. The molecule has 1 heterocycles. The highest BCUT2D eigenvalue weighted by Crippen LogP contribution is 2.37. The lowest BCUT2D eigenvalue weighted by atomic mass is 9.78. The van der Waals surface area contributed by atoms with Crippen LogP contribution >= 0.6 is 0 Å². The third-order valence-electron chi connectivity index (χ3n) is 5.13. The van der Waals surface area contributed by atoms with Crippen LogP contribution in [0.2, 0.25) is 0 Å². The number of hydrogen-bond acceptors (Lipinski definition) is 4.